The molecule has 0 saturated heterocycles. The van der Waals surface area contributed by atoms with Gasteiger partial charge in [-0.25, -0.2) is 4.79 Å². The van der Waals surface area contributed by atoms with E-state index in [1.165, 1.54) is 0 Å². The predicted molar refractivity (Wildman–Crippen MR) is 82.1 cm³/mol. The lowest BCUT2D eigenvalue weighted by Gasteiger charge is -2.22. The van der Waals surface area contributed by atoms with E-state index < -0.39 is 0 Å². The summed E-state index contributed by atoms with van der Waals surface area (Å²) >= 11 is 1.63. The van der Waals surface area contributed by atoms with E-state index in [1.807, 2.05) is 41.8 Å². The fourth-order valence-corrected chi connectivity index (χ4v) is 2.44. The average Bonchev–Trinajstić information content (AvgIpc) is 2.97. The van der Waals surface area contributed by atoms with E-state index in [2.05, 4.69) is 10.7 Å². The molecule has 5 heteroatoms. The topological polar surface area (TPSA) is 41.6 Å². The van der Waals surface area contributed by atoms with Crippen LogP contribution in [0.3, 0.4) is 0 Å². The van der Waals surface area contributed by atoms with Crippen LogP contribution in [0.5, 0.6) is 0 Å². The zero-order valence-electron chi connectivity index (χ0n) is 11.4. The van der Waals surface area contributed by atoms with Gasteiger partial charge in [-0.05, 0) is 34.5 Å². The van der Waals surface area contributed by atoms with Gasteiger partial charge in [0.1, 0.15) is 0 Å². The second kappa shape index (κ2) is 7.67. The van der Waals surface area contributed by atoms with Gasteiger partial charge >= 0.3 is 6.03 Å². The molecule has 0 saturated carbocycles. The van der Waals surface area contributed by atoms with Gasteiger partial charge in [0.05, 0.1) is 6.61 Å². The highest BCUT2D eigenvalue weighted by molar-refractivity contribution is 7.07. The molecule has 2 amide bonds. The van der Waals surface area contributed by atoms with Crippen LogP contribution in [-0.4, -0.2) is 31.2 Å². The first kappa shape index (κ1) is 14.6. The van der Waals surface area contributed by atoms with E-state index >= 15 is 0 Å². The molecule has 106 valence electrons. The highest BCUT2D eigenvalue weighted by Crippen LogP contribution is 2.12. The number of benzene rings is 1. The van der Waals surface area contributed by atoms with E-state index in [9.17, 15) is 4.79 Å². The summed E-state index contributed by atoms with van der Waals surface area (Å²) in [7, 11) is 1.64. The molecule has 0 bridgehead atoms. The van der Waals surface area contributed by atoms with Crippen LogP contribution in [0.25, 0.3) is 0 Å². The van der Waals surface area contributed by atoms with E-state index in [0.29, 0.717) is 19.7 Å². The number of para-hydroxylation sites is 1. The molecule has 0 aliphatic rings. The lowest BCUT2D eigenvalue weighted by Crippen LogP contribution is -2.36. The molecule has 2 rings (SSSR count). The van der Waals surface area contributed by atoms with Crippen molar-refractivity contribution >= 4 is 23.1 Å². The molecule has 2 aromatic rings. The second-order valence-electron chi connectivity index (χ2n) is 4.34. The van der Waals surface area contributed by atoms with Gasteiger partial charge in [-0.2, -0.15) is 11.3 Å². The van der Waals surface area contributed by atoms with Crippen LogP contribution in [0.2, 0.25) is 0 Å². The van der Waals surface area contributed by atoms with Crippen LogP contribution < -0.4 is 5.32 Å². The number of anilines is 1. The Balaban J connectivity index is 1.99. The SMILES string of the molecule is COCCN(Cc1ccsc1)C(=O)Nc1ccccc1. The quantitative estimate of drug-likeness (QED) is 0.885. The van der Waals surface area contributed by atoms with E-state index in [4.69, 9.17) is 4.74 Å². The normalized spacial score (nSPS) is 10.2. The summed E-state index contributed by atoms with van der Waals surface area (Å²) < 4.78 is 5.07. The van der Waals surface area contributed by atoms with Crippen LogP contribution in [0, 0.1) is 0 Å². The van der Waals surface area contributed by atoms with Crippen molar-refractivity contribution in [3.05, 3.63) is 52.7 Å². The second-order valence-corrected chi connectivity index (χ2v) is 5.12. The van der Waals surface area contributed by atoms with Crippen LogP contribution >= 0.6 is 11.3 Å². The molecule has 1 N–H and O–H groups in total. The Morgan fingerprint density at radius 3 is 2.75 bits per heavy atom. The summed E-state index contributed by atoms with van der Waals surface area (Å²) in [4.78, 5) is 14.1. The number of hydrogen-bond donors (Lipinski definition) is 1. The lowest BCUT2D eigenvalue weighted by atomic mass is 10.3. The number of rotatable bonds is 6. The van der Waals surface area contributed by atoms with Gasteiger partial charge in [-0.1, -0.05) is 18.2 Å². The summed E-state index contributed by atoms with van der Waals surface area (Å²) in [5.41, 5.74) is 1.93. The summed E-state index contributed by atoms with van der Waals surface area (Å²) in [6.45, 7) is 1.67. The number of ether oxygens (including phenoxy) is 1. The van der Waals surface area contributed by atoms with Gasteiger partial charge in [-0.3, -0.25) is 0 Å². The van der Waals surface area contributed by atoms with Gasteiger partial charge in [0.2, 0.25) is 0 Å². The zero-order chi connectivity index (χ0) is 14.2. The Labute approximate surface area is 123 Å². The van der Waals surface area contributed by atoms with E-state index in [0.717, 1.165) is 11.3 Å². The zero-order valence-corrected chi connectivity index (χ0v) is 12.2. The molecule has 0 radical (unpaired) electrons. The van der Waals surface area contributed by atoms with Crippen molar-refractivity contribution < 1.29 is 9.53 Å². The number of amides is 2. The van der Waals surface area contributed by atoms with Gasteiger partial charge in [-0.15, -0.1) is 0 Å². The Morgan fingerprint density at radius 2 is 2.10 bits per heavy atom. The number of hydrogen-bond acceptors (Lipinski definition) is 3. The molecular weight excluding hydrogens is 272 g/mol. The first-order valence-corrected chi connectivity index (χ1v) is 7.35. The third-order valence-corrected chi connectivity index (χ3v) is 3.56. The minimum atomic E-state index is -0.112. The maximum absolute atomic E-state index is 12.3. The van der Waals surface area contributed by atoms with E-state index in [1.54, 1.807) is 23.3 Å². The van der Waals surface area contributed by atoms with Gasteiger partial charge in [0, 0.05) is 25.9 Å². The van der Waals surface area contributed by atoms with Crippen molar-refractivity contribution in [1.82, 2.24) is 4.90 Å². The Morgan fingerprint density at radius 1 is 1.30 bits per heavy atom. The fraction of sp³-hybridized carbons (Fsp3) is 0.267. The molecular formula is C15H18N2O2S. The average molecular weight is 290 g/mol. The first-order valence-electron chi connectivity index (χ1n) is 6.40. The fourth-order valence-electron chi connectivity index (χ4n) is 1.78. The number of carbonyl (C=O) groups excluding carboxylic acids is 1. The minimum absolute atomic E-state index is 0.112. The van der Waals surface area contributed by atoms with Crippen LogP contribution in [-0.2, 0) is 11.3 Å². The number of carbonyl (C=O) groups is 1. The Kier molecular flexibility index (Phi) is 5.58. The highest BCUT2D eigenvalue weighted by Gasteiger charge is 2.14. The van der Waals surface area contributed by atoms with Crippen LogP contribution in [0.1, 0.15) is 5.56 Å². The molecule has 0 aliphatic carbocycles. The standard InChI is InChI=1S/C15H18N2O2S/c1-19-9-8-17(11-13-7-10-20-12-13)15(18)16-14-5-3-2-4-6-14/h2-7,10,12H,8-9,11H2,1H3,(H,16,18). The van der Waals surface area contributed by atoms with Crippen molar-refractivity contribution in [2.75, 3.05) is 25.6 Å². The van der Waals surface area contributed by atoms with Crippen molar-refractivity contribution in [1.29, 1.82) is 0 Å². The monoisotopic (exact) mass is 290 g/mol. The van der Waals surface area contributed by atoms with Gasteiger partial charge in [0.25, 0.3) is 0 Å². The Bertz CT molecular complexity index is 514. The summed E-state index contributed by atoms with van der Waals surface area (Å²) in [5, 5.41) is 6.96. The summed E-state index contributed by atoms with van der Waals surface area (Å²) in [6.07, 6.45) is 0. The minimum Gasteiger partial charge on any atom is -0.383 e. The Hall–Kier alpha value is -1.85. The summed E-state index contributed by atoms with van der Waals surface area (Å²) in [5.74, 6) is 0. The number of urea groups is 1. The van der Waals surface area contributed by atoms with Crippen molar-refractivity contribution in [2.45, 2.75) is 6.54 Å². The predicted octanol–water partition coefficient (Wildman–Crippen LogP) is 3.43. The number of nitrogens with one attached hydrogen (secondary N) is 1. The molecule has 4 nitrogen and oxygen atoms in total. The third-order valence-electron chi connectivity index (χ3n) is 2.83. The molecule has 0 spiro atoms. The molecule has 20 heavy (non-hydrogen) atoms. The van der Waals surface area contributed by atoms with E-state index in [-0.39, 0.29) is 6.03 Å². The number of thiophene rings is 1. The smallest absolute Gasteiger partial charge is 0.322 e. The van der Waals surface area contributed by atoms with Crippen LogP contribution in [0.15, 0.2) is 47.2 Å². The molecule has 1 heterocycles. The van der Waals surface area contributed by atoms with Gasteiger partial charge < -0.3 is 15.0 Å². The molecule has 1 aromatic heterocycles. The maximum Gasteiger partial charge on any atom is 0.322 e. The molecule has 1 aromatic carbocycles. The highest BCUT2D eigenvalue weighted by atomic mass is 32.1. The molecule has 0 unspecified atom stereocenters. The van der Waals surface area contributed by atoms with Crippen molar-refractivity contribution in [2.24, 2.45) is 0 Å². The molecule has 0 fully saturated rings. The summed E-state index contributed by atoms with van der Waals surface area (Å²) in [6, 6.07) is 11.4. The van der Waals surface area contributed by atoms with Crippen molar-refractivity contribution in [3.63, 3.8) is 0 Å². The van der Waals surface area contributed by atoms with Gasteiger partial charge in [0.15, 0.2) is 0 Å². The molecule has 0 atom stereocenters. The number of nitrogens with zero attached hydrogens (tertiary/aromatic N) is 1. The maximum atomic E-state index is 12.3. The first-order chi connectivity index (χ1) is 9.79. The van der Waals surface area contributed by atoms with Crippen LogP contribution in [0.4, 0.5) is 10.5 Å². The lowest BCUT2D eigenvalue weighted by molar-refractivity contribution is 0.153. The van der Waals surface area contributed by atoms with Crippen molar-refractivity contribution in [3.8, 4) is 0 Å². The number of methoxy groups -OCH3 is 1. The molecule has 0 aliphatic heterocycles. The largest absolute Gasteiger partial charge is 0.383 e. The third kappa shape index (κ3) is 4.36.